The number of fused-ring (bicyclic) bond motifs is 5. The molecule has 18 heteroatoms. The molecule has 1 aromatic carbocycles. The molecule has 5 rings (SSSR count). The predicted molar refractivity (Wildman–Crippen MR) is 161 cm³/mol. The summed E-state index contributed by atoms with van der Waals surface area (Å²) in [5.41, 5.74) is -0.467. The number of nitriles is 1. The highest BCUT2D eigenvalue weighted by Crippen LogP contribution is 2.76. The number of alkyl halides is 7. The van der Waals surface area contributed by atoms with Crippen molar-refractivity contribution in [2.75, 3.05) is 19.8 Å². The van der Waals surface area contributed by atoms with Crippen LogP contribution in [0.25, 0.3) is 11.3 Å². The van der Waals surface area contributed by atoms with Crippen molar-refractivity contribution in [3.63, 3.8) is 0 Å². The van der Waals surface area contributed by atoms with Gasteiger partial charge in [0, 0.05) is 23.5 Å². The second-order valence-electron chi connectivity index (χ2n) is 9.16. The Morgan fingerprint density at radius 3 is 2.00 bits per heavy atom. The Morgan fingerprint density at radius 1 is 1.07 bits per heavy atom. The third-order valence-electron chi connectivity index (χ3n) is 7.07. The van der Waals surface area contributed by atoms with Crippen molar-refractivity contribution < 1.29 is 30.5 Å². The van der Waals surface area contributed by atoms with Gasteiger partial charge >= 0.3 is 17.5 Å². The quantitative estimate of drug-likeness (QED) is 0.288. The minimum atomic E-state index is -4.63. The van der Waals surface area contributed by atoms with Crippen LogP contribution in [-0.2, 0) is 37.4 Å². The van der Waals surface area contributed by atoms with Crippen LogP contribution in [0.5, 0.6) is 0 Å². The highest BCUT2D eigenvalue weighted by Gasteiger charge is 2.82. The van der Waals surface area contributed by atoms with Crippen LogP contribution in [-0.4, -0.2) is 42.7 Å². The molecule has 2 aliphatic carbocycles. The fraction of sp³-hybridized carbons (Fsp3) is 0.458. The first-order valence-corrected chi connectivity index (χ1v) is 16.2. The van der Waals surface area contributed by atoms with E-state index in [1.165, 1.54) is 0 Å². The van der Waals surface area contributed by atoms with E-state index >= 15 is 0 Å². The zero-order valence-corrected chi connectivity index (χ0v) is 28.6. The fourth-order valence-electron chi connectivity index (χ4n) is 5.15. The molecule has 230 valence electrons. The lowest BCUT2D eigenvalue weighted by Crippen LogP contribution is -2.45. The van der Waals surface area contributed by atoms with Crippen LogP contribution in [0, 0.1) is 23.2 Å². The molecule has 0 radical (unpaired) electrons. The molecule has 0 spiro atoms. The molecule has 1 aromatic heterocycles. The topological polar surface area (TPSA) is 73.5 Å². The summed E-state index contributed by atoms with van der Waals surface area (Å²) in [7, 11) is 0. The van der Waals surface area contributed by atoms with E-state index in [0.29, 0.717) is 10.6 Å². The summed E-state index contributed by atoms with van der Waals surface area (Å²) in [6.07, 6.45) is -4.63. The maximum absolute atomic E-state index is 13.4. The van der Waals surface area contributed by atoms with Crippen LogP contribution in [0.3, 0.4) is 0 Å². The van der Waals surface area contributed by atoms with Gasteiger partial charge in [-0.2, -0.15) is 22.6 Å². The minimum absolute atomic E-state index is 0.0107. The van der Waals surface area contributed by atoms with Crippen LogP contribution in [0.2, 0.25) is 5.02 Å². The van der Waals surface area contributed by atoms with Crippen molar-refractivity contribution in [3.8, 4) is 17.3 Å². The summed E-state index contributed by atoms with van der Waals surface area (Å²) < 4.78 is 65.8. The van der Waals surface area contributed by atoms with Crippen molar-refractivity contribution >= 4 is 108 Å². The highest BCUT2D eigenvalue weighted by molar-refractivity contribution is 9.10. The first kappa shape index (κ1) is 34.9. The molecule has 6 nitrogen and oxygen atoms in total. The molecule has 2 aromatic rings. The van der Waals surface area contributed by atoms with Gasteiger partial charge in [0.05, 0.1) is 39.0 Å². The average Bonchev–Trinajstić information content (AvgIpc) is 3.20. The first-order chi connectivity index (χ1) is 19.5. The SMILES string of the molecule is CCOCn1c(-c2ccc(Cl)cc2)c(C#N)c(Br)c1C(F)(F)F.O=S1OC[C@@H]2[C@H](CO1)[C@@]1(Cl)C(Cl)=C(Cl)[C@]2(Cl)C1(Cl)Cl. The van der Waals surface area contributed by atoms with E-state index < -0.39 is 49.1 Å². The van der Waals surface area contributed by atoms with Gasteiger partial charge in [0.1, 0.15) is 28.2 Å². The number of halogens is 11. The van der Waals surface area contributed by atoms with E-state index in [0.717, 1.165) is 4.57 Å². The molecule has 2 fully saturated rings. The standard InChI is InChI=1S/C15H11BrClF3N2O.C9H6Cl6O3S/c1-2-23-8-22-13(9-3-5-10(17)6-4-9)11(7-21)12(16)14(22)15(18,19)20;10-5-6(11)8(13)4-2-18-19(16)17-1-3(4)7(5,12)9(8,14)15/h3-6H,2,8H2,1H3;3-4H,1-2H2/t;3-,4+,7+,8-,19?. The van der Waals surface area contributed by atoms with E-state index in [4.69, 9.17) is 94.3 Å². The smallest absolute Gasteiger partial charge is 0.361 e. The van der Waals surface area contributed by atoms with Crippen molar-refractivity contribution in [1.29, 1.82) is 5.26 Å². The number of allylic oxidation sites excluding steroid dienone is 2. The van der Waals surface area contributed by atoms with Crippen LogP contribution < -0.4 is 0 Å². The maximum atomic E-state index is 13.4. The van der Waals surface area contributed by atoms with Crippen molar-refractivity contribution in [1.82, 2.24) is 4.57 Å². The van der Waals surface area contributed by atoms with Gasteiger partial charge < -0.3 is 9.30 Å². The van der Waals surface area contributed by atoms with Crippen molar-refractivity contribution in [2.24, 2.45) is 11.8 Å². The molecular weight excluding hydrogens is 797 g/mol. The van der Waals surface area contributed by atoms with Crippen molar-refractivity contribution in [3.05, 3.63) is 55.1 Å². The number of nitrogens with zero attached hydrogens (tertiary/aromatic N) is 2. The molecule has 0 amide bonds. The molecule has 1 saturated heterocycles. The largest absolute Gasteiger partial charge is 0.432 e. The van der Waals surface area contributed by atoms with Gasteiger partial charge in [0.2, 0.25) is 0 Å². The molecule has 3 aliphatic rings. The van der Waals surface area contributed by atoms with Crippen LogP contribution in [0.4, 0.5) is 13.2 Å². The van der Waals surface area contributed by atoms with Crippen LogP contribution in [0.15, 0.2) is 38.8 Å². The van der Waals surface area contributed by atoms with Gasteiger partial charge in [-0.15, -0.1) is 23.2 Å². The summed E-state index contributed by atoms with van der Waals surface area (Å²) >= 11 is 45.1. The minimum Gasteiger partial charge on any atom is -0.361 e. The number of benzene rings is 1. The molecule has 2 bridgehead atoms. The van der Waals surface area contributed by atoms with Gasteiger partial charge in [0.25, 0.3) is 0 Å². The Kier molecular flexibility index (Phi) is 10.6. The summed E-state index contributed by atoms with van der Waals surface area (Å²) in [5, 5.41) is 9.98. The monoisotopic (exact) mass is 810 g/mol. The second-order valence-corrected chi connectivity index (χ2v) is 14.5. The Bertz CT molecular complexity index is 1440. The highest BCUT2D eigenvalue weighted by atomic mass is 79.9. The normalized spacial score (nSPS) is 29.9. The molecule has 2 heterocycles. The summed E-state index contributed by atoms with van der Waals surface area (Å²) in [4.78, 5) is -2.78. The van der Waals surface area contributed by atoms with E-state index in [2.05, 4.69) is 15.9 Å². The first-order valence-electron chi connectivity index (χ1n) is 11.7. The summed E-state index contributed by atoms with van der Waals surface area (Å²) in [5.74, 6) is -0.911. The average molecular weight is 815 g/mol. The maximum Gasteiger partial charge on any atom is 0.432 e. The number of hydrogen-bond acceptors (Lipinski definition) is 5. The molecular formula is C24H17BrCl7F3N2O4S. The van der Waals surface area contributed by atoms with E-state index in [1.54, 1.807) is 31.2 Å². The Balaban J connectivity index is 0.000000196. The second kappa shape index (κ2) is 12.7. The zero-order chi connectivity index (χ0) is 31.4. The van der Waals surface area contributed by atoms with E-state index in [9.17, 15) is 22.6 Å². The Hall–Kier alpha value is 0.0600. The number of hydrogen-bond donors (Lipinski definition) is 0. The third kappa shape index (κ3) is 5.43. The molecule has 42 heavy (non-hydrogen) atoms. The molecule has 1 aliphatic heterocycles. The number of aromatic nitrogens is 1. The van der Waals surface area contributed by atoms with Gasteiger partial charge in [-0.05, 0) is 40.5 Å². The molecule has 5 atom stereocenters. The van der Waals surface area contributed by atoms with Crippen LogP contribution >= 0.6 is 97.1 Å². The van der Waals surface area contributed by atoms with Crippen molar-refractivity contribution in [2.45, 2.75) is 33.9 Å². The Labute approximate surface area is 284 Å². The fourth-order valence-corrected chi connectivity index (χ4v) is 9.63. The third-order valence-corrected chi connectivity index (χ3v) is 13.1. The predicted octanol–water partition coefficient (Wildman–Crippen LogP) is 9.15. The lowest BCUT2D eigenvalue weighted by Gasteiger charge is -2.33. The Morgan fingerprint density at radius 2 is 1.57 bits per heavy atom. The lowest BCUT2D eigenvalue weighted by atomic mass is 9.83. The summed E-state index contributed by atoms with van der Waals surface area (Å²) in [6.45, 7) is 1.63. The van der Waals surface area contributed by atoms with E-state index in [-0.39, 0.29) is 52.3 Å². The van der Waals surface area contributed by atoms with Gasteiger partial charge in [0.15, 0.2) is 4.33 Å². The van der Waals surface area contributed by atoms with Crippen LogP contribution in [0.1, 0.15) is 18.2 Å². The van der Waals surface area contributed by atoms with Gasteiger partial charge in [-0.25, -0.2) is 0 Å². The number of ether oxygens (including phenoxy) is 1. The molecule has 0 N–H and O–H groups in total. The van der Waals surface area contributed by atoms with Gasteiger partial charge in [-0.1, -0.05) is 70.1 Å². The summed E-state index contributed by atoms with van der Waals surface area (Å²) in [6, 6.07) is 8.06. The van der Waals surface area contributed by atoms with Gasteiger partial charge in [-0.3, -0.25) is 8.37 Å². The number of rotatable bonds is 4. The lowest BCUT2D eigenvalue weighted by molar-refractivity contribution is -0.146. The zero-order valence-electron chi connectivity index (χ0n) is 20.9. The van der Waals surface area contributed by atoms with E-state index in [1.807, 2.05) is 6.07 Å². The molecule has 1 unspecified atom stereocenters. The molecule has 1 saturated carbocycles.